The molecule has 2 saturated heterocycles. The number of nitrogens with zero attached hydrogens (tertiary/aromatic N) is 3. The van der Waals surface area contributed by atoms with Gasteiger partial charge >= 0.3 is 6.09 Å². The second kappa shape index (κ2) is 11.6. The summed E-state index contributed by atoms with van der Waals surface area (Å²) in [6.07, 6.45) is 12.2. The van der Waals surface area contributed by atoms with Crippen LogP contribution in [-0.2, 0) is 14.2 Å². The Labute approximate surface area is 238 Å². The zero-order valence-electron chi connectivity index (χ0n) is 23.1. The number of aromatic nitrogens is 1. The number of allylic oxidation sites excluding steroid dienone is 4. The molecule has 1 aliphatic carbocycles. The van der Waals surface area contributed by atoms with Crippen LogP contribution in [0.15, 0.2) is 78.4 Å². The molecule has 2 aromatic rings. The van der Waals surface area contributed by atoms with Crippen LogP contribution in [0.3, 0.4) is 0 Å². The number of aliphatic hydroxyl groups excluding tert-OH is 2. The lowest BCUT2D eigenvalue weighted by molar-refractivity contribution is -0.0631. The molecule has 1 amide bonds. The number of aliphatic hydroxyl groups is 2. The second-order valence-electron chi connectivity index (χ2n) is 10.9. The molecule has 2 N–H and O–H groups in total. The highest BCUT2D eigenvalue weighted by molar-refractivity contribution is 5.83. The highest BCUT2D eigenvalue weighted by Gasteiger charge is 2.54. The van der Waals surface area contributed by atoms with E-state index in [0.717, 1.165) is 34.9 Å². The van der Waals surface area contributed by atoms with Crippen molar-refractivity contribution in [2.45, 2.75) is 37.4 Å². The van der Waals surface area contributed by atoms with Gasteiger partial charge in [-0.3, -0.25) is 9.88 Å². The lowest BCUT2D eigenvalue weighted by atomic mass is 9.78. The third-order valence-electron chi connectivity index (χ3n) is 8.42. The molecule has 4 aliphatic rings. The molecule has 3 atom stereocenters. The van der Waals surface area contributed by atoms with E-state index in [1.54, 1.807) is 19.6 Å². The summed E-state index contributed by atoms with van der Waals surface area (Å²) in [6.45, 7) is 1.83. The summed E-state index contributed by atoms with van der Waals surface area (Å²) in [5, 5.41) is 22.1. The predicted molar refractivity (Wildman–Crippen MR) is 150 cm³/mol. The average molecular weight is 562 g/mol. The molecule has 6 rings (SSSR count). The van der Waals surface area contributed by atoms with Gasteiger partial charge < -0.3 is 29.2 Å². The molecule has 10 heteroatoms. The zero-order chi connectivity index (χ0) is 28.4. The Morgan fingerprint density at radius 1 is 1.27 bits per heavy atom. The molecule has 4 heterocycles. The molecule has 0 bridgehead atoms. The van der Waals surface area contributed by atoms with E-state index >= 15 is 0 Å². The van der Waals surface area contributed by atoms with Gasteiger partial charge in [0.25, 0.3) is 0 Å². The molecule has 10 nitrogen and oxygen atoms in total. The maximum atomic E-state index is 13.2. The number of hydrogen-bond acceptors (Lipinski definition) is 9. The van der Waals surface area contributed by atoms with E-state index in [2.05, 4.69) is 16.0 Å². The first-order valence-electron chi connectivity index (χ1n) is 14.0. The second-order valence-corrected chi connectivity index (χ2v) is 10.9. The summed E-state index contributed by atoms with van der Waals surface area (Å²) in [6, 6.07) is 7.46. The number of β-amino-alcohol motifs (C(OH)–C–C–N with tert-alkyl or cyclic N) is 1. The standard InChI is InChI=1S/C31H35N3O7/c1-38-23-7-8-26-25(15-23)24(9-12-32-26)27(36)17-33-13-11-31(22(16-33)10-14-35)20-34(30(37)41-31)29-19-39-18-28(40-29)21-5-3-2-4-6-21/h2-3,5,7-9,12,15,18-19,22,27,35-36H,4,6,10-11,13-14,16-17,20H2,1H3/t22-,27-,31+/m1/s1. The van der Waals surface area contributed by atoms with Crippen LogP contribution in [0.5, 0.6) is 5.75 Å². The minimum atomic E-state index is -0.781. The number of ether oxygens (including phenoxy) is 4. The minimum absolute atomic E-state index is 0.0357. The van der Waals surface area contributed by atoms with Gasteiger partial charge in [0.2, 0.25) is 5.88 Å². The summed E-state index contributed by atoms with van der Waals surface area (Å²) in [4.78, 5) is 21.2. The molecule has 1 aromatic heterocycles. The van der Waals surface area contributed by atoms with E-state index in [-0.39, 0.29) is 12.5 Å². The van der Waals surface area contributed by atoms with Crippen molar-refractivity contribution in [2.24, 2.45) is 5.92 Å². The van der Waals surface area contributed by atoms with Crippen molar-refractivity contribution in [2.75, 3.05) is 39.9 Å². The van der Waals surface area contributed by atoms with E-state index in [9.17, 15) is 15.0 Å². The summed E-state index contributed by atoms with van der Waals surface area (Å²) in [5.41, 5.74) is 1.79. The fourth-order valence-electron chi connectivity index (χ4n) is 6.19. The number of fused-ring (bicyclic) bond motifs is 1. The lowest BCUT2D eigenvalue weighted by Gasteiger charge is -2.44. The van der Waals surface area contributed by atoms with Gasteiger partial charge in [-0.25, -0.2) is 9.69 Å². The maximum Gasteiger partial charge on any atom is 0.417 e. The number of rotatable bonds is 8. The quantitative estimate of drug-likeness (QED) is 0.491. The largest absolute Gasteiger partial charge is 0.497 e. The van der Waals surface area contributed by atoms with Crippen LogP contribution >= 0.6 is 0 Å². The monoisotopic (exact) mass is 561 g/mol. The van der Waals surface area contributed by atoms with Crippen molar-refractivity contribution in [1.82, 2.24) is 14.8 Å². The van der Waals surface area contributed by atoms with Gasteiger partial charge in [-0.2, -0.15) is 0 Å². The zero-order valence-corrected chi connectivity index (χ0v) is 23.1. The highest BCUT2D eigenvalue weighted by Crippen LogP contribution is 2.42. The Morgan fingerprint density at radius 3 is 2.98 bits per heavy atom. The van der Waals surface area contributed by atoms with Crippen molar-refractivity contribution in [3.63, 3.8) is 0 Å². The van der Waals surface area contributed by atoms with E-state index < -0.39 is 17.8 Å². The number of pyridine rings is 1. The molecule has 2 fully saturated rings. The van der Waals surface area contributed by atoms with Gasteiger partial charge in [0.1, 0.15) is 17.6 Å². The third kappa shape index (κ3) is 5.42. The van der Waals surface area contributed by atoms with E-state index in [1.165, 1.54) is 11.2 Å². The van der Waals surface area contributed by atoms with Crippen LogP contribution in [0.1, 0.15) is 37.4 Å². The average Bonchev–Trinajstić information content (AvgIpc) is 3.35. The Kier molecular flexibility index (Phi) is 7.70. The number of amides is 1. The maximum absolute atomic E-state index is 13.2. The van der Waals surface area contributed by atoms with Gasteiger partial charge in [0.05, 0.1) is 25.3 Å². The first kappa shape index (κ1) is 27.3. The molecule has 41 heavy (non-hydrogen) atoms. The smallest absolute Gasteiger partial charge is 0.417 e. The van der Waals surface area contributed by atoms with E-state index in [0.29, 0.717) is 56.4 Å². The summed E-state index contributed by atoms with van der Waals surface area (Å²) in [5.74, 6) is 1.44. The number of carbonyl (C=O) groups excluding carboxylic acids is 1. The topological polar surface area (TPSA) is 114 Å². The van der Waals surface area contributed by atoms with Crippen LogP contribution in [0.4, 0.5) is 4.79 Å². The number of hydrogen-bond donors (Lipinski definition) is 2. The highest BCUT2D eigenvalue weighted by atomic mass is 16.6. The Morgan fingerprint density at radius 2 is 2.17 bits per heavy atom. The van der Waals surface area contributed by atoms with E-state index in [1.807, 2.05) is 36.4 Å². The summed E-state index contributed by atoms with van der Waals surface area (Å²) in [7, 11) is 1.61. The van der Waals surface area contributed by atoms with Gasteiger partial charge in [-0.1, -0.05) is 18.2 Å². The molecule has 1 aromatic carbocycles. The number of piperidine rings is 1. The summed E-state index contributed by atoms with van der Waals surface area (Å²) < 4.78 is 23.1. The van der Waals surface area contributed by atoms with E-state index in [4.69, 9.17) is 18.9 Å². The molecule has 216 valence electrons. The van der Waals surface area contributed by atoms with Crippen LogP contribution in [0.25, 0.3) is 10.9 Å². The van der Waals surface area contributed by atoms with Crippen LogP contribution < -0.4 is 4.74 Å². The fraction of sp³-hybridized carbons (Fsp3) is 0.419. The van der Waals surface area contributed by atoms with Gasteiger partial charge in [0, 0.05) is 50.2 Å². The van der Waals surface area contributed by atoms with Crippen molar-refractivity contribution in [1.29, 1.82) is 0 Å². The van der Waals surface area contributed by atoms with Crippen LogP contribution in [-0.4, -0.2) is 76.6 Å². The van der Waals surface area contributed by atoms with Gasteiger partial charge in [0.15, 0.2) is 12.0 Å². The normalized spacial score (nSPS) is 25.2. The number of methoxy groups -OCH3 is 1. The lowest BCUT2D eigenvalue weighted by Crippen LogP contribution is -2.55. The van der Waals surface area contributed by atoms with Crippen molar-refractivity contribution >= 4 is 17.0 Å². The molecular formula is C31H35N3O7. The number of likely N-dealkylation sites (tertiary alicyclic amines) is 1. The van der Waals surface area contributed by atoms with Gasteiger partial charge in [-0.05, 0) is 54.7 Å². The molecular weight excluding hydrogens is 526 g/mol. The van der Waals surface area contributed by atoms with Gasteiger partial charge in [-0.15, -0.1) is 0 Å². The molecule has 1 spiro atoms. The summed E-state index contributed by atoms with van der Waals surface area (Å²) >= 11 is 0. The van der Waals surface area contributed by atoms with Crippen LogP contribution in [0, 0.1) is 5.92 Å². The van der Waals surface area contributed by atoms with Crippen molar-refractivity contribution in [3.8, 4) is 5.75 Å². The Hall–Kier alpha value is -3.86. The number of carbonyl (C=O) groups is 1. The Balaban J connectivity index is 1.15. The Bertz CT molecular complexity index is 1430. The molecule has 0 unspecified atom stereocenters. The first-order chi connectivity index (χ1) is 20.0. The molecule has 3 aliphatic heterocycles. The van der Waals surface area contributed by atoms with Crippen molar-refractivity contribution < 1.29 is 34.0 Å². The fourth-order valence-corrected chi connectivity index (χ4v) is 6.19. The van der Waals surface area contributed by atoms with Crippen molar-refractivity contribution in [3.05, 3.63) is 84.0 Å². The SMILES string of the molecule is COc1ccc2nccc([C@H](O)CN3CC[C@]4(CN(C5=COC=C(C6=CC=CCC6)O5)C(=O)O4)[C@H](CCO)C3)c2c1. The third-order valence-corrected chi connectivity index (χ3v) is 8.42. The van der Waals surface area contributed by atoms with Crippen LogP contribution in [0.2, 0.25) is 0 Å². The number of benzene rings is 1. The predicted octanol–water partition coefficient (Wildman–Crippen LogP) is 4.14. The minimum Gasteiger partial charge on any atom is -0.497 e. The molecule has 0 saturated carbocycles. The first-order valence-corrected chi connectivity index (χ1v) is 14.0. The molecule has 0 radical (unpaired) electrons.